The van der Waals surface area contributed by atoms with Crippen molar-refractivity contribution in [2.24, 2.45) is 0 Å². The quantitative estimate of drug-likeness (QED) is 0.0396. The number of anilines is 3. The van der Waals surface area contributed by atoms with Crippen LogP contribution in [0.25, 0.3) is 55.4 Å². The smallest absolute Gasteiger partial charge is 0.478 e. The van der Waals surface area contributed by atoms with Crippen molar-refractivity contribution in [2.45, 2.75) is 47.5 Å². The fraction of sp³-hybridized carbons (Fsp3) is 0.135. The van der Waals surface area contributed by atoms with E-state index >= 15 is 0 Å². The lowest BCUT2D eigenvalue weighted by atomic mass is 9.80. The Labute approximate surface area is 434 Å². The number of halogens is 4. The van der Waals surface area contributed by atoms with E-state index in [9.17, 15) is 9.59 Å². The summed E-state index contributed by atoms with van der Waals surface area (Å²) in [5, 5.41) is 33.0. The van der Waals surface area contributed by atoms with E-state index < -0.39 is 13.1 Å². The van der Waals surface area contributed by atoms with Gasteiger partial charge < -0.3 is 46.9 Å². The van der Waals surface area contributed by atoms with Gasteiger partial charge in [0.25, 0.3) is 0 Å². The van der Waals surface area contributed by atoms with Crippen LogP contribution < -0.4 is 22.2 Å². The zero-order valence-electron chi connectivity index (χ0n) is 39.4. The highest BCUT2D eigenvalue weighted by Crippen LogP contribution is 2.31. The van der Waals surface area contributed by atoms with Crippen LogP contribution >= 0.6 is 50.7 Å². The number of rotatable bonds is 8. The summed E-state index contributed by atoms with van der Waals surface area (Å²) < 4.78 is 1.02. The molecule has 0 bridgehead atoms. The molecule has 0 aliphatic carbocycles. The monoisotopic (exact) mass is 1080 g/mol. The Bertz CT molecular complexity index is 3340. The number of hydrogen-bond acceptors (Lipinski definition) is 9. The van der Waals surface area contributed by atoms with Crippen molar-refractivity contribution >= 4 is 125 Å². The van der Waals surface area contributed by atoms with E-state index in [1.54, 1.807) is 30.5 Å². The van der Waals surface area contributed by atoms with Crippen molar-refractivity contribution in [3.05, 3.63) is 171 Å². The predicted octanol–water partition coefficient (Wildman–Crippen LogP) is 12.1. The number of carbonyl (C=O) groups excluding carboxylic acids is 1. The first-order valence-electron chi connectivity index (χ1n) is 22.0. The lowest BCUT2D eigenvalue weighted by molar-refractivity contribution is -0.131. The Hall–Kier alpha value is -6.92. The number of allylic oxidation sites excluding steroid dienone is 2. The standard InChI is InChI=1S/C19H18ClN3O.C14H12ClN3.C8H7BrN2.C6H7BClNO2.C5H8O2/c1-3-4-5-18(24)23-17-9-13(6-7-16(17)20)14-8-15-12(2)10-21-19(15)22-11-14;1-8-6-17-14-11(8)4-10(7-18-14)9-2-3-12(15)13(16)5-9;1-5-3-10-8-7(5)2-6(9)4-11-8;8-5-2-1-4(7(10)11)3-6(5)9;1-2-3-4-5(6)7/h4-11H,3H2,1-2H3,(H,21,22)(H,23,24);2-7H,16H2,1H3,(H,17,18);2-4H,1H3,(H,10,11);1-3,10-11H,9H2;3-4H,2H2,1H3,(H,6,7)/b5-4+;;;;4-3+. The van der Waals surface area contributed by atoms with Crippen LogP contribution in [-0.4, -0.2) is 64.1 Å². The van der Waals surface area contributed by atoms with E-state index in [4.69, 9.17) is 61.4 Å². The molecule has 0 fully saturated rings. The van der Waals surface area contributed by atoms with Crippen molar-refractivity contribution in [2.75, 3.05) is 16.8 Å². The van der Waals surface area contributed by atoms with Gasteiger partial charge in [-0.15, -0.1) is 0 Å². The molecule has 0 saturated heterocycles. The van der Waals surface area contributed by atoms with E-state index in [1.807, 2.05) is 76.0 Å². The van der Waals surface area contributed by atoms with Crippen LogP contribution in [0.3, 0.4) is 0 Å². The number of carbonyl (C=O) groups is 2. The number of hydrogen-bond donors (Lipinski definition) is 9. The highest BCUT2D eigenvalue weighted by Gasteiger charge is 2.12. The van der Waals surface area contributed by atoms with E-state index in [0.29, 0.717) is 37.6 Å². The minimum atomic E-state index is -1.49. The number of H-pyrrole nitrogens is 3. The van der Waals surface area contributed by atoms with Gasteiger partial charge in [-0.1, -0.05) is 79.0 Å². The first-order chi connectivity index (χ1) is 33.9. The molecular formula is C52H52BBrCl3N9O5. The maximum absolute atomic E-state index is 11.9. The minimum Gasteiger partial charge on any atom is -0.478 e. The van der Waals surface area contributed by atoms with Gasteiger partial charge >= 0.3 is 13.1 Å². The molecule has 3 aromatic carbocycles. The number of aromatic amines is 3. The normalized spacial score (nSPS) is 10.7. The summed E-state index contributed by atoms with van der Waals surface area (Å²) in [4.78, 5) is 43.9. The van der Waals surface area contributed by atoms with Gasteiger partial charge in [0.15, 0.2) is 0 Å². The van der Waals surface area contributed by atoms with Gasteiger partial charge in [-0.25, -0.2) is 19.7 Å². The van der Waals surface area contributed by atoms with Gasteiger partial charge in [0.1, 0.15) is 16.9 Å². The molecular weight excluding hydrogens is 1030 g/mol. The number of aromatic nitrogens is 6. The lowest BCUT2D eigenvalue weighted by Gasteiger charge is -2.09. The van der Waals surface area contributed by atoms with E-state index in [0.717, 1.165) is 78.9 Å². The molecule has 0 saturated carbocycles. The number of aryl methyl sites for hydroxylation is 3. The van der Waals surface area contributed by atoms with Crippen molar-refractivity contribution < 1.29 is 24.7 Å². The maximum Gasteiger partial charge on any atom is 0.488 e. The molecule has 9 aromatic rings. The first-order valence-corrected chi connectivity index (χ1v) is 23.9. The summed E-state index contributed by atoms with van der Waals surface area (Å²) in [7, 11) is -1.49. The molecule has 6 aromatic heterocycles. The summed E-state index contributed by atoms with van der Waals surface area (Å²) in [6.07, 6.45) is 18.9. The molecule has 0 aliphatic rings. The van der Waals surface area contributed by atoms with Gasteiger partial charge in [0.05, 0.1) is 26.4 Å². The predicted molar refractivity (Wildman–Crippen MR) is 296 cm³/mol. The van der Waals surface area contributed by atoms with E-state index in [2.05, 4.69) is 83.2 Å². The number of nitrogen functional groups attached to an aromatic ring is 2. The van der Waals surface area contributed by atoms with Crippen molar-refractivity contribution in [1.82, 2.24) is 29.9 Å². The molecule has 0 spiro atoms. The van der Waals surface area contributed by atoms with E-state index in [-0.39, 0.29) is 5.91 Å². The molecule has 19 heteroatoms. The Kier molecular flexibility index (Phi) is 20.4. The second kappa shape index (κ2) is 26.3. The minimum absolute atomic E-state index is 0.189. The zero-order valence-corrected chi connectivity index (χ0v) is 43.2. The number of nitrogens with two attached hydrogens (primary N) is 2. The highest BCUT2D eigenvalue weighted by molar-refractivity contribution is 9.10. The Balaban J connectivity index is 0.000000176. The Morgan fingerprint density at radius 1 is 0.634 bits per heavy atom. The number of nitrogens with zero attached hydrogens (tertiary/aromatic N) is 3. The average molecular weight is 1080 g/mol. The van der Waals surface area contributed by atoms with Crippen LogP contribution in [0, 0.1) is 20.8 Å². The third kappa shape index (κ3) is 15.8. The largest absolute Gasteiger partial charge is 0.488 e. The fourth-order valence-electron chi connectivity index (χ4n) is 6.56. The molecule has 0 unspecified atom stereocenters. The molecule has 0 aliphatic heterocycles. The number of fused-ring (bicyclic) bond motifs is 3. The fourth-order valence-corrected chi connectivity index (χ4v) is 7.29. The SMILES string of the molecule is CC/C=C/C(=O)Nc1cc(-c2cnc3[nH]cc(C)c3c2)ccc1Cl.CC/C=C/C(=O)O.Cc1c[nH]c2ncc(-c3ccc(Cl)c(N)c3)cc12.Cc1c[nH]c2ncc(Br)cc12.Nc1cc(B(O)O)ccc1Cl. The van der Waals surface area contributed by atoms with Crippen molar-refractivity contribution in [3.8, 4) is 22.3 Å². The van der Waals surface area contributed by atoms with Gasteiger partial charge in [0, 0.05) is 80.7 Å². The average Bonchev–Trinajstić information content (AvgIpc) is 4.05. The van der Waals surface area contributed by atoms with Crippen LogP contribution in [0.1, 0.15) is 43.4 Å². The van der Waals surface area contributed by atoms with Crippen LogP contribution in [0.5, 0.6) is 0 Å². The van der Waals surface area contributed by atoms with Crippen LogP contribution in [0.15, 0.2) is 139 Å². The number of carboxylic acids is 1. The number of carboxylic acid groups (broad SMARTS) is 1. The van der Waals surface area contributed by atoms with Crippen LogP contribution in [-0.2, 0) is 9.59 Å². The molecule has 0 atom stereocenters. The summed E-state index contributed by atoms with van der Waals surface area (Å²) in [5.41, 5.74) is 23.3. The van der Waals surface area contributed by atoms with Gasteiger partial charge in [0.2, 0.25) is 5.91 Å². The molecule has 0 radical (unpaired) electrons. The first kappa shape index (κ1) is 55.0. The van der Waals surface area contributed by atoms with Gasteiger partial charge in [-0.3, -0.25) is 4.79 Å². The molecule has 9 rings (SSSR count). The van der Waals surface area contributed by atoms with E-state index in [1.165, 1.54) is 40.8 Å². The molecule has 11 N–H and O–H groups in total. The molecule has 71 heavy (non-hydrogen) atoms. The number of nitrogens with one attached hydrogen (secondary N) is 4. The summed E-state index contributed by atoms with van der Waals surface area (Å²) >= 11 is 21.1. The number of pyridine rings is 3. The summed E-state index contributed by atoms with van der Waals surface area (Å²) in [5.74, 6) is -1.06. The van der Waals surface area contributed by atoms with Gasteiger partial charge in [-0.05, 0) is 143 Å². The second-order valence-electron chi connectivity index (χ2n) is 15.7. The topological polar surface area (TPSA) is 245 Å². The third-order valence-electron chi connectivity index (χ3n) is 10.4. The third-order valence-corrected chi connectivity index (χ3v) is 11.8. The van der Waals surface area contributed by atoms with Gasteiger partial charge in [-0.2, -0.15) is 0 Å². The lowest BCUT2D eigenvalue weighted by Crippen LogP contribution is -2.29. The highest BCUT2D eigenvalue weighted by atomic mass is 79.9. The Morgan fingerprint density at radius 3 is 1.55 bits per heavy atom. The summed E-state index contributed by atoms with van der Waals surface area (Å²) in [6, 6.07) is 21.9. The van der Waals surface area contributed by atoms with Crippen molar-refractivity contribution in [3.63, 3.8) is 0 Å². The number of amides is 1. The van der Waals surface area contributed by atoms with Crippen LogP contribution in [0.2, 0.25) is 15.1 Å². The second-order valence-corrected chi connectivity index (χ2v) is 17.9. The van der Waals surface area contributed by atoms with Crippen molar-refractivity contribution in [1.29, 1.82) is 0 Å². The maximum atomic E-state index is 11.9. The molecule has 366 valence electrons. The zero-order chi connectivity index (χ0) is 51.8. The Morgan fingerprint density at radius 2 is 1.08 bits per heavy atom. The molecule has 14 nitrogen and oxygen atoms in total. The molecule has 1 amide bonds. The van der Waals surface area contributed by atoms with Crippen LogP contribution in [0.4, 0.5) is 17.1 Å². The number of aliphatic carboxylic acids is 1. The molecule has 6 heterocycles. The summed E-state index contributed by atoms with van der Waals surface area (Å²) in [6.45, 7) is 10.0. The number of benzene rings is 3.